The quantitative estimate of drug-likeness (QED) is 0.762. The third kappa shape index (κ3) is 2.38. The molecule has 0 aliphatic carbocycles. The predicted molar refractivity (Wildman–Crippen MR) is 75.6 cm³/mol. The molecule has 1 saturated heterocycles. The van der Waals surface area contributed by atoms with E-state index in [2.05, 4.69) is 20.6 Å². The van der Waals surface area contributed by atoms with Crippen molar-refractivity contribution in [3.63, 3.8) is 0 Å². The van der Waals surface area contributed by atoms with E-state index in [0.29, 0.717) is 11.5 Å². The Morgan fingerprint density at radius 1 is 1.17 bits per heavy atom. The Labute approximate surface area is 129 Å². The zero-order valence-electron chi connectivity index (χ0n) is 11.8. The van der Waals surface area contributed by atoms with E-state index in [4.69, 9.17) is 0 Å². The molecule has 23 heavy (non-hydrogen) atoms. The summed E-state index contributed by atoms with van der Waals surface area (Å²) in [5.41, 5.74) is 0.669. The molecular formula is C14H12F2N6O. The number of tetrazole rings is 1. The monoisotopic (exact) mass is 318 g/mol. The third-order valence-electron chi connectivity index (χ3n) is 3.95. The normalized spacial score (nSPS) is 21.3. The molecule has 0 radical (unpaired) electrons. The molecule has 0 bridgehead atoms. The molecule has 4 rings (SSSR count). The number of benzene rings is 1. The first-order valence-corrected chi connectivity index (χ1v) is 7.07. The first-order valence-electron chi connectivity index (χ1n) is 7.07. The van der Waals surface area contributed by atoms with Crippen molar-refractivity contribution in [2.75, 3.05) is 11.4 Å². The van der Waals surface area contributed by atoms with Gasteiger partial charge in [0.25, 0.3) is 0 Å². The lowest BCUT2D eigenvalue weighted by Crippen LogP contribution is -2.26. The molecule has 0 saturated carbocycles. The van der Waals surface area contributed by atoms with Crippen LogP contribution in [0.4, 0.5) is 14.6 Å². The van der Waals surface area contributed by atoms with Crippen LogP contribution in [0, 0.1) is 11.6 Å². The van der Waals surface area contributed by atoms with Crippen molar-refractivity contribution in [3.05, 3.63) is 47.5 Å². The van der Waals surface area contributed by atoms with E-state index in [1.165, 1.54) is 4.63 Å². The fourth-order valence-electron chi connectivity index (χ4n) is 2.93. The maximum Gasteiger partial charge on any atom is 0.200 e. The summed E-state index contributed by atoms with van der Waals surface area (Å²) in [5, 5.41) is 25.2. The van der Waals surface area contributed by atoms with Gasteiger partial charge in [-0.05, 0) is 47.2 Å². The van der Waals surface area contributed by atoms with Gasteiger partial charge in [-0.3, -0.25) is 0 Å². The summed E-state index contributed by atoms with van der Waals surface area (Å²) in [5.74, 6) is -0.555. The van der Waals surface area contributed by atoms with Crippen molar-refractivity contribution in [1.29, 1.82) is 0 Å². The lowest BCUT2D eigenvalue weighted by atomic mass is 10.0. The summed E-state index contributed by atoms with van der Waals surface area (Å²) < 4.78 is 28.9. The zero-order valence-corrected chi connectivity index (χ0v) is 11.8. The van der Waals surface area contributed by atoms with Crippen molar-refractivity contribution in [3.8, 4) is 0 Å². The van der Waals surface area contributed by atoms with Gasteiger partial charge in [-0.2, -0.15) is 0 Å². The molecule has 3 heterocycles. The molecule has 1 fully saturated rings. The minimum atomic E-state index is -0.658. The van der Waals surface area contributed by atoms with Gasteiger partial charge < -0.3 is 10.0 Å². The maximum absolute atomic E-state index is 14.1. The second-order valence-corrected chi connectivity index (χ2v) is 5.44. The average Bonchev–Trinajstić information content (AvgIpc) is 3.15. The Kier molecular flexibility index (Phi) is 3.15. The summed E-state index contributed by atoms with van der Waals surface area (Å²) in [6, 6.07) is 6.16. The van der Waals surface area contributed by atoms with Gasteiger partial charge in [-0.1, -0.05) is 0 Å². The van der Waals surface area contributed by atoms with Crippen LogP contribution < -0.4 is 4.90 Å². The first-order chi connectivity index (χ1) is 11.1. The standard InChI is InChI=1S/C14H12F2N6O/c15-8-1-2-11(16)10(5-8)12-6-9(23)7-21(12)14-4-3-13-17-19-20-22(13)18-14/h1-5,9,12,23H,6-7H2. The van der Waals surface area contributed by atoms with Crippen LogP contribution in [0.2, 0.25) is 0 Å². The summed E-state index contributed by atoms with van der Waals surface area (Å²) in [4.78, 5) is 1.73. The second kappa shape index (κ2) is 5.20. The van der Waals surface area contributed by atoms with Crippen molar-refractivity contribution < 1.29 is 13.9 Å². The zero-order chi connectivity index (χ0) is 16.0. The van der Waals surface area contributed by atoms with E-state index in [1.54, 1.807) is 17.0 Å². The van der Waals surface area contributed by atoms with Gasteiger partial charge in [0, 0.05) is 12.1 Å². The van der Waals surface area contributed by atoms with Gasteiger partial charge in [0.15, 0.2) is 11.5 Å². The average molecular weight is 318 g/mol. The molecule has 1 aliphatic heterocycles. The van der Waals surface area contributed by atoms with Crippen LogP contribution in [0.3, 0.4) is 0 Å². The van der Waals surface area contributed by atoms with Crippen molar-refractivity contribution in [2.24, 2.45) is 0 Å². The summed E-state index contributed by atoms with van der Waals surface area (Å²) >= 11 is 0. The largest absolute Gasteiger partial charge is 0.391 e. The minimum absolute atomic E-state index is 0.195. The maximum atomic E-state index is 14.1. The van der Waals surface area contributed by atoms with Crippen LogP contribution in [0.5, 0.6) is 0 Å². The number of anilines is 1. The summed E-state index contributed by atoms with van der Waals surface area (Å²) in [6.07, 6.45) is -0.371. The molecule has 2 unspecified atom stereocenters. The third-order valence-corrected chi connectivity index (χ3v) is 3.95. The van der Waals surface area contributed by atoms with Gasteiger partial charge >= 0.3 is 0 Å². The predicted octanol–water partition coefficient (Wildman–Crippen LogP) is 1.11. The van der Waals surface area contributed by atoms with Gasteiger partial charge in [0.2, 0.25) is 0 Å². The lowest BCUT2D eigenvalue weighted by molar-refractivity contribution is 0.194. The number of aliphatic hydroxyl groups excluding tert-OH is 1. The Morgan fingerprint density at radius 2 is 2.04 bits per heavy atom. The minimum Gasteiger partial charge on any atom is -0.391 e. The van der Waals surface area contributed by atoms with Crippen LogP contribution in [0.1, 0.15) is 18.0 Å². The topological polar surface area (TPSA) is 79.4 Å². The molecule has 1 aliphatic rings. The number of halogens is 2. The van der Waals surface area contributed by atoms with Crippen LogP contribution in [0.25, 0.3) is 5.65 Å². The molecule has 1 aromatic carbocycles. The number of aromatic nitrogens is 5. The fraction of sp³-hybridized carbons (Fsp3) is 0.286. The molecule has 9 heteroatoms. The number of hydrogen-bond donors (Lipinski definition) is 1. The molecule has 118 valence electrons. The highest BCUT2D eigenvalue weighted by atomic mass is 19.1. The van der Waals surface area contributed by atoms with Gasteiger partial charge in [-0.25, -0.2) is 8.78 Å². The molecule has 3 aromatic rings. The van der Waals surface area contributed by atoms with Crippen LogP contribution in [0.15, 0.2) is 30.3 Å². The van der Waals surface area contributed by atoms with E-state index < -0.39 is 23.8 Å². The molecule has 7 nitrogen and oxygen atoms in total. The highest BCUT2D eigenvalue weighted by molar-refractivity contribution is 5.48. The lowest BCUT2D eigenvalue weighted by Gasteiger charge is -2.25. The van der Waals surface area contributed by atoms with Crippen LogP contribution >= 0.6 is 0 Å². The number of β-amino-alcohol motifs (C(OH)–C–C–N with tert-alkyl or cyclic N) is 1. The highest BCUT2D eigenvalue weighted by Gasteiger charge is 2.35. The molecule has 1 N–H and O–H groups in total. The SMILES string of the molecule is OC1CC(c2cc(F)ccc2F)N(c2ccc3nnnn3n2)C1. The Hall–Kier alpha value is -2.68. The van der Waals surface area contributed by atoms with E-state index in [1.807, 2.05) is 0 Å². The summed E-state index contributed by atoms with van der Waals surface area (Å²) in [6.45, 7) is 0.265. The second-order valence-electron chi connectivity index (χ2n) is 5.44. The molecule has 0 spiro atoms. The van der Waals surface area contributed by atoms with Crippen molar-refractivity contribution in [2.45, 2.75) is 18.6 Å². The first kappa shape index (κ1) is 13.9. The fourth-order valence-corrected chi connectivity index (χ4v) is 2.93. The highest BCUT2D eigenvalue weighted by Crippen LogP contribution is 2.36. The van der Waals surface area contributed by atoms with Gasteiger partial charge in [0.1, 0.15) is 11.6 Å². The van der Waals surface area contributed by atoms with Crippen LogP contribution in [-0.4, -0.2) is 43.0 Å². The number of nitrogens with zero attached hydrogens (tertiary/aromatic N) is 6. The van der Waals surface area contributed by atoms with Crippen molar-refractivity contribution >= 4 is 11.5 Å². The Bertz CT molecular complexity index is 869. The van der Waals surface area contributed by atoms with Gasteiger partial charge in [0.05, 0.1) is 12.1 Å². The van der Waals surface area contributed by atoms with E-state index >= 15 is 0 Å². The molecular weight excluding hydrogens is 306 g/mol. The van der Waals surface area contributed by atoms with E-state index in [0.717, 1.165) is 18.2 Å². The molecule has 0 amide bonds. The van der Waals surface area contributed by atoms with Gasteiger partial charge in [-0.15, -0.1) is 14.8 Å². The van der Waals surface area contributed by atoms with Crippen LogP contribution in [-0.2, 0) is 0 Å². The molecule has 2 atom stereocenters. The number of rotatable bonds is 2. The van der Waals surface area contributed by atoms with E-state index in [9.17, 15) is 13.9 Å². The smallest absolute Gasteiger partial charge is 0.200 e. The number of aliphatic hydroxyl groups is 1. The van der Waals surface area contributed by atoms with E-state index in [-0.39, 0.29) is 18.5 Å². The number of fused-ring (bicyclic) bond motifs is 1. The van der Waals surface area contributed by atoms with Crippen molar-refractivity contribution in [1.82, 2.24) is 25.3 Å². The molecule has 2 aromatic heterocycles. The Balaban J connectivity index is 1.77. The number of hydrogen-bond acceptors (Lipinski definition) is 6. The Morgan fingerprint density at radius 3 is 2.91 bits per heavy atom. The summed E-state index contributed by atoms with van der Waals surface area (Å²) in [7, 11) is 0.